The number of benzene rings is 3. The number of aryl methyl sites for hydroxylation is 1. The minimum absolute atomic E-state index is 1.20. The fourth-order valence-corrected chi connectivity index (χ4v) is 4.86. The van der Waals surface area contributed by atoms with E-state index in [1.54, 1.807) is 0 Å². The fraction of sp³-hybridized carbons (Fsp3) is 0.0417. The molecule has 1 nitrogen and oxygen atoms in total. The van der Waals surface area contributed by atoms with Gasteiger partial charge in [-0.05, 0) is 59.0 Å². The van der Waals surface area contributed by atoms with Gasteiger partial charge in [0.1, 0.15) is 0 Å². The van der Waals surface area contributed by atoms with Gasteiger partial charge >= 0.3 is 0 Å². The molecule has 2 heterocycles. The topological polar surface area (TPSA) is 12.9 Å². The molecule has 2 aromatic heterocycles. The van der Waals surface area contributed by atoms with Gasteiger partial charge in [0.05, 0.1) is 0 Å². The largest absolute Gasteiger partial charge is 0.265 e. The van der Waals surface area contributed by atoms with E-state index in [2.05, 4.69) is 84.7 Å². The van der Waals surface area contributed by atoms with Crippen LogP contribution in [0.25, 0.3) is 42.4 Å². The van der Waals surface area contributed by atoms with E-state index in [1.165, 1.54) is 48.0 Å². The van der Waals surface area contributed by atoms with Crippen LogP contribution in [0.1, 0.15) is 5.56 Å². The minimum Gasteiger partial charge on any atom is -0.265 e. The number of pyridine rings is 1. The predicted octanol–water partition coefficient (Wildman–Crippen LogP) is 7.09. The highest BCUT2D eigenvalue weighted by Crippen LogP contribution is 2.40. The Labute approximate surface area is 156 Å². The second-order valence-electron chi connectivity index (χ2n) is 6.60. The second-order valence-corrected chi connectivity index (χ2v) is 7.66. The molecule has 0 aliphatic carbocycles. The average molecular weight is 351 g/mol. The molecule has 2 heteroatoms. The van der Waals surface area contributed by atoms with Crippen molar-refractivity contribution in [1.29, 1.82) is 0 Å². The van der Waals surface area contributed by atoms with E-state index in [1.807, 2.05) is 23.7 Å². The molecule has 0 fully saturated rings. The summed E-state index contributed by atoms with van der Waals surface area (Å²) in [7, 11) is 0. The van der Waals surface area contributed by atoms with Gasteiger partial charge in [-0.25, -0.2) is 0 Å². The molecule has 0 radical (unpaired) electrons. The van der Waals surface area contributed by atoms with E-state index in [4.69, 9.17) is 0 Å². The van der Waals surface area contributed by atoms with Gasteiger partial charge in [0.15, 0.2) is 0 Å². The van der Waals surface area contributed by atoms with Crippen LogP contribution in [0.15, 0.2) is 85.2 Å². The molecular formula is C24H17NS. The Bertz CT molecular complexity index is 1240. The van der Waals surface area contributed by atoms with Gasteiger partial charge in [-0.15, -0.1) is 11.3 Å². The highest BCUT2D eigenvalue weighted by molar-refractivity contribution is 7.26. The molecule has 0 saturated heterocycles. The highest BCUT2D eigenvalue weighted by Gasteiger charge is 2.11. The zero-order chi connectivity index (χ0) is 17.5. The maximum atomic E-state index is 4.14. The van der Waals surface area contributed by atoms with Crippen LogP contribution in [0.2, 0.25) is 0 Å². The van der Waals surface area contributed by atoms with Crippen molar-refractivity contribution in [2.45, 2.75) is 6.92 Å². The van der Waals surface area contributed by atoms with Crippen molar-refractivity contribution in [2.24, 2.45) is 0 Å². The van der Waals surface area contributed by atoms with E-state index in [0.29, 0.717) is 0 Å². The summed E-state index contributed by atoms with van der Waals surface area (Å²) in [4.78, 5) is 4.14. The van der Waals surface area contributed by atoms with E-state index in [9.17, 15) is 0 Å². The first-order valence-electron chi connectivity index (χ1n) is 8.72. The van der Waals surface area contributed by atoms with Crippen molar-refractivity contribution in [1.82, 2.24) is 4.98 Å². The van der Waals surface area contributed by atoms with E-state index < -0.39 is 0 Å². The Morgan fingerprint density at radius 3 is 2.35 bits per heavy atom. The number of hydrogen-bond acceptors (Lipinski definition) is 2. The van der Waals surface area contributed by atoms with Crippen LogP contribution >= 0.6 is 11.3 Å². The summed E-state index contributed by atoms with van der Waals surface area (Å²) < 4.78 is 2.71. The molecule has 0 spiro atoms. The molecule has 0 atom stereocenters. The quantitative estimate of drug-likeness (QED) is 0.331. The Morgan fingerprint density at radius 2 is 1.46 bits per heavy atom. The lowest BCUT2D eigenvalue weighted by molar-refractivity contribution is 1.33. The number of aromatic nitrogens is 1. The molecule has 26 heavy (non-hydrogen) atoms. The van der Waals surface area contributed by atoms with Gasteiger partial charge in [-0.1, -0.05) is 48.5 Å². The molecule has 5 aromatic rings. The molecule has 0 bridgehead atoms. The summed E-state index contributed by atoms with van der Waals surface area (Å²) in [5, 5.41) is 2.69. The third kappa shape index (κ3) is 2.51. The van der Waals surface area contributed by atoms with E-state index >= 15 is 0 Å². The Morgan fingerprint density at radius 1 is 0.692 bits per heavy atom. The van der Waals surface area contributed by atoms with Crippen LogP contribution in [-0.2, 0) is 0 Å². The molecule has 0 N–H and O–H groups in total. The van der Waals surface area contributed by atoms with Crippen molar-refractivity contribution in [3.63, 3.8) is 0 Å². The monoisotopic (exact) mass is 351 g/mol. The molecular weight excluding hydrogens is 334 g/mol. The maximum absolute atomic E-state index is 4.14. The first-order chi connectivity index (χ1) is 12.8. The summed E-state index contributed by atoms with van der Waals surface area (Å²) >= 11 is 1.88. The third-order valence-electron chi connectivity index (χ3n) is 4.81. The third-order valence-corrected chi connectivity index (χ3v) is 6.03. The smallest absolute Gasteiger partial charge is 0.0433 e. The van der Waals surface area contributed by atoms with Crippen LogP contribution in [0, 0.1) is 6.92 Å². The van der Waals surface area contributed by atoms with Crippen LogP contribution < -0.4 is 0 Å². The SMILES string of the molecule is Cc1cc(-c2ccncc2)cc(-c2cccc3c2sc2ccccc23)c1. The Kier molecular flexibility index (Phi) is 3.58. The number of hydrogen-bond donors (Lipinski definition) is 0. The second kappa shape index (κ2) is 6.08. The maximum Gasteiger partial charge on any atom is 0.0433 e. The Hall–Kier alpha value is -2.97. The average Bonchev–Trinajstić information content (AvgIpc) is 3.07. The van der Waals surface area contributed by atoms with E-state index in [0.717, 1.165) is 0 Å². The van der Waals surface area contributed by atoms with Gasteiger partial charge in [0, 0.05) is 32.6 Å². The van der Waals surface area contributed by atoms with Crippen molar-refractivity contribution in [3.05, 3.63) is 90.8 Å². The molecule has 0 saturated carbocycles. The number of fused-ring (bicyclic) bond motifs is 3. The molecule has 0 aliphatic rings. The molecule has 0 aliphatic heterocycles. The first-order valence-corrected chi connectivity index (χ1v) is 9.54. The zero-order valence-electron chi connectivity index (χ0n) is 14.4. The van der Waals surface area contributed by atoms with Crippen LogP contribution in [0.5, 0.6) is 0 Å². The zero-order valence-corrected chi connectivity index (χ0v) is 15.3. The van der Waals surface area contributed by atoms with Crippen molar-refractivity contribution < 1.29 is 0 Å². The number of nitrogens with zero attached hydrogens (tertiary/aromatic N) is 1. The lowest BCUT2D eigenvalue weighted by atomic mass is 9.96. The summed E-state index contributed by atoms with van der Waals surface area (Å²) in [6, 6.07) is 26.3. The Balaban J connectivity index is 1.77. The van der Waals surface area contributed by atoms with E-state index in [-0.39, 0.29) is 0 Å². The van der Waals surface area contributed by atoms with Gasteiger partial charge in [-0.3, -0.25) is 4.98 Å². The predicted molar refractivity (Wildman–Crippen MR) is 113 cm³/mol. The molecule has 3 aromatic carbocycles. The van der Waals surface area contributed by atoms with Crippen LogP contribution in [0.4, 0.5) is 0 Å². The van der Waals surface area contributed by atoms with Crippen molar-refractivity contribution in [2.75, 3.05) is 0 Å². The fourth-order valence-electron chi connectivity index (χ4n) is 3.62. The van der Waals surface area contributed by atoms with Gasteiger partial charge in [0.2, 0.25) is 0 Å². The molecule has 124 valence electrons. The summed E-state index contributed by atoms with van der Waals surface area (Å²) in [6.45, 7) is 2.17. The van der Waals surface area contributed by atoms with Gasteiger partial charge < -0.3 is 0 Å². The van der Waals surface area contributed by atoms with Crippen molar-refractivity contribution in [3.8, 4) is 22.3 Å². The highest BCUT2D eigenvalue weighted by atomic mass is 32.1. The molecule has 5 rings (SSSR count). The van der Waals surface area contributed by atoms with Gasteiger partial charge in [0.25, 0.3) is 0 Å². The van der Waals surface area contributed by atoms with Gasteiger partial charge in [-0.2, -0.15) is 0 Å². The standard InChI is InChI=1S/C24H17NS/c1-16-13-18(17-9-11-25-12-10-17)15-19(14-16)20-6-4-7-22-21-5-2-3-8-23(21)26-24(20)22/h2-15H,1H3. The number of rotatable bonds is 2. The summed E-state index contributed by atoms with van der Waals surface area (Å²) in [5.41, 5.74) is 6.29. The minimum atomic E-state index is 1.20. The van der Waals surface area contributed by atoms with Crippen LogP contribution in [-0.4, -0.2) is 4.98 Å². The lowest BCUT2D eigenvalue weighted by Gasteiger charge is -2.09. The number of thiophene rings is 1. The molecule has 0 amide bonds. The van der Waals surface area contributed by atoms with Crippen LogP contribution in [0.3, 0.4) is 0 Å². The molecule has 0 unspecified atom stereocenters. The lowest BCUT2D eigenvalue weighted by Crippen LogP contribution is -1.85. The first kappa shape index (κ1) is 15.3. The summed E-state index contributed by atoms with van der Waals surface area (Å²) in [6.07, 6.45) is 3.70. The normalized spacial score (nSPS) is 11.3. The van der Waals surface area contributed by atoms with Crippen molar-refractivity contribution >= 4 is 31.5 Å². The summed E-state index contributed by atoms with van der Waals surface area (Å²) in [5.74, 6) is 0.